The van der Waals surface area contributed by atoms with Gasteiger partial charge in [-0.2, -0.15) is 0 Å². The van der Waals surface area contributed by atoms with Gasteiger partial charge in [0.15, 0.2) is 0 Å². The van der Waals surface area contributed by atoms with E-state index in [1.807, 2.05) is 6.92 Å². The number of carbonyl (C=O) groups excluding carboxylic acids is 2. The van der Waals surface area contributed by atoms with Crippen LogP contribution in [0.2, 0.25) is 0 Å². The quantitative estimate of drug-likeness (QED) is 0.785. The Bertz CT molecular complexity index is 842. The van der Waals surface area contributed by atoms with Gasteiger partial charge in [-0.1, -0.05) is 12.1 Å². The maximum Gasteiger partial charge on any atom is 0.339 e. The molecule has 2 N–H and O–H groups in total. The van der Waals surface area contributed by atoms with Crippen molar-refractivity contribution in [3.05, 3.63) is 57.5 Å². The van der Waals surface area contributed by atoms with Gasteiger partial charge >= 0.3 is 5.97 Å². The van der Waals surface area contributed by atoms with E-state index in [-0.39, 0.29) is 17.7 Å². The van der Waals surface area contributed by atoms with Crippen LogP contribution in [0.5, 0.6) is 5.75 Å². The van der Waals surface area contributed by atoms with Crippen molar-refractivity contribution in [3.63, 3.8) is 0 Å². The Hall–Kier alpha value is -3.09. The van der Waals surface area contributed by atoms with Gasteiger partial charge in [-0.15, -0.1) is 0 Å². The lowest BCUT2D eigenvalue weighted by Gasteiger charge is -2.12. The van der Waals surface area contributed by atoms with Crippen LogP contribution in [0.15, 0.2) is 35.1 Å². The first-order valence-electron chi connectivity index (χ1n) is 7.92. The fourth-order valence-corrected chi connectivity index (χ4v) is 2.25. The number of amides is 1. The zero-order valence-corrected chi connectivity index (χ0v) is 14.3. The van der Waals surface area contributed by atoms with Gasteiger partial charge in [0.1, 0.15) is 11.3 Å². The number of carbonyl (C=O) groups is 2. The Morgan fingerprint density at radius 2 is 1.84 bits per heavy atom. The summed E-state index contributed by atoms with van der Waals surface area (Å²) in [5.41, 5.74) is 0.156. The number of hydrogen-bond donors (Lipinski definition) is 2. The van der Waals surface area contributed by atoms with Crippen LogP contribution in [0.25, 0.3) is 0 Å². The van der Waals surface area contributed by atoms with Crippen LogP contribution < -0.4 is 15.6 Å². The Morgan fingerprint density at radius 1 is 1.12 bits per heavy atom. The van der Waals surface area contributed by atoms with Crippen molar-refractivity contribution >= 4 is 17.6 Å². The molecule has 0 saturated heterocycles. The number of H-pyrrole nitrogens is 1. The number of esters is 1. The largest absolute Gasteiger partial charge is 0.492 e. The maximum absolute atomic E-state index is 12.5. The highest BCUT2D eigenvalue weighted by Gasteiger charge is 2.19. The van der Waals surface area contributed by atoms with Gasteiger partial charge < -0.3 is 19.8 Å². The van der Waals surface area contributed by atoms with E-state index in [9.17, 15) is 14.4 Å². The molecule has 0 radical (unpaired) electrons. The number of hydrogen-bond acceptors (Lipinski definition) is 5. The molecule has 0 atom stereocenters. The summed E-state index contributed by atoms with van der Waals surface area (Å²) in [5.74, 6) is -0.744. The third-order valence-corrected chi connectivity index (χ3v) is 3.41. The van der Waals surface area contributed by atoms with Crippen molar-refractivity contribution < 1.29 is 19.1 Å². The maximum atomic E-state index is 12.5. The van der Waals surface area contributed by atoms with Gasteiger partial charge in [0.2, 0.25) is 0 Å². The smallest absolute Gasteiger partial charge is 0.339 e. The second-order valence-electron chi connectivity index (χ2n) is 5.15. The van der Waals surface area contributed by atoms with Crippen LogP contribution in [0.4, 0.5) is 5.69 Å². The van der Waals surface area contributed by atoms with Gasteiger partial charge in [0, 0.05) is 5.69 Å². The number of aromatic nitrogens is 1. The number of aryl methyl sites for hydroxylation is 1. The standard InChI is InChI=1S/C18H20N2O5/c1-4-24-15-9-7-6-8-14(15)20-17(22)13-10-12(18(23)25-5-2)11(3)19-16(13)21/h6-10H,4-5H2,1-3H3,(H,19,21)(H,20,22). The summed E-state index contributed by atoms with van der Waals surface area (Å²) < 4.78 is 10.4. The predicted molar refractivity (Wildman–Crippen MR) is 93.3 cm³/mol. The summed E-state index contributed by atoms with van der Waals surface area (Å²) in [6.45, 7) is 5.71. The Balaban J connectivity index is 2.35. The minimum Gasteiger partial charge on any atom is -0.492 e. The van der Waals surface area contributed by atoms with Crippen molar-refractivity contribution in [1.82, 2.24) is 4.98 Å². The van der Waals surface area contributed by atoms with Gasteiger partial charge in [0.05, 0.1) is 24.5 Å². The van der Waals surface area contributed by atoms with E-state index in [1.165, 1.54) is 6.07 Å². The fraction of sp³-hybridized carbons (Fsp3) is 0.278. The summed E-state index contributed by atoms with van der Waals surface area (Å²) >= 11 is 0. The van der Waals surface area contributed by atoms with Crippen LogP contribution in [0.3, 0.4) is 0 Å². The Kier molecular flexibility index (Phi) is 5.94. The summed E-state index contributed by atoms with van der Waals surface area (Å²) in [5, 5.41) is 2.63. The molecule has 1 aromatic heterocycles. The Morgan fingerprint density at radius 3 is 2.52 bits per heavy atom. The molecular formula is C18H20N2O5. The van der Waals surface area contributed by atoms with E-state index in [0.29, 0.717) is 23.7 Å². The van der Waals surface area contributed by atoms with Gasteiger partial charge in [-0.05, 0) is 39.0 Å². The number of nitrogens with one attached hydrogen (secondary N) is 2. The molecule has 0 unspecified atom stereocenters. The SMILES string of the molecule is CCOC(=O)c1cc(C(=O)Nc2ccccc2OCC)c(=O)[nH]c1C. The lowest BCUT2D eigenvalue weighted by molar-refractivity contribution is 0.0525. The molecule has 132 valence electrons. The second kappa shape index (κ2) is 8.14. The molecule has 7 heteroatoms. The van der Waals surface area contributed by atoms with E-state index >= 15 is 0 Å². The third-order valence-electron chi connectivity index (χ3n) is 3.41. The zero-order valence-electron chi connectivity index (χ0n) is 14.3. The van der Waals surface area contributed by atoms with Crippen LogP contribution in [-0.4, -0.2) is 30.1 Å². The molecule has 0 fully saturated rings. The van der Waals surface area contributed by atoms with Crippen molar-refractivity contribution in [3.8, 4) is 5.75 Å². The average molecular weight is 344 g/mol. The molecule has 1 heterocycles. The lowest BCUT2D eigenvalue weighted by Crippen LogP contribution is -2.26. The molecule has 0 aliphatic carbocycles. The minimum absolute atomic E-state index is 0.143. The van der Waals surface area contributed by atoms with E-state index in [1.54, 1.807) is 38.1 Å². The summed E-state index contributed by atoms with van der Waals surface area (Å²) in [6, 6.07) is 8.13. The number of benzene rings is 1. The molecule has 2 rings (SSSR count). The summed E-state index contributed by atoms with van der Waals surface area (Å²) in [4.78, 5) is 39.1. The molecule has 0 aliphatic heterocycles. The fourth-order valence-electron chi connectivity index (χ4n) is 2.25. The summed E-state index contributed by atoms with van der Waals surface area (Å²) in [6.07, 6.45) is 0. The molecule has 0 saturated carbocycles. The average Bonchev–Trinajstić information content (AvgIpc) is 2.57. The molecule has 25 heavy (non-hydrogen) atoms. The van der Waals surface area contributed by atoms with E-state index in [0.717, 1.165) is 0 Å². The second-order valence-corrected chi connectivity index (χ2v) is 5.15. The van der Waals surface area contributed by atoms with Crippen LogP contribution in [0, 0.1) is 6.92 Å². The highest BCUT2D eigenvalue weighted by atomic mass is 16.5. The molecule has 0 aliphatic rings. The molecule has 2 aromatic rings. The number of aromatic amines is 1. The highest BCUT2D eigenvalue weighted by molar-refractivity contribution is 6.06. The minimum atomic E-state index is -0.640. The summed E-state index contributed by atoms with van der Waals surface area (Å²) in [7, 11) is 0. The lowest BCUT2D eigenvalue weighted by atomic mass is 10.1. The number of pyridine rings is 1. The molecule has 0 bridgehead atoms. The van der Waals surface area contributed by atoms with Crippen molar-refractivity contribution in [2.24, 2.45) is 0 Å². The van der Waals surface area contributed by atoms with Gasteiger partial charge in [-0.3, -0.25) is 9.59 Å². The topological polar surface area (TPSA) is 97.5 Å². The normalized spacial score (nSPS) is 10.2. The van der Waals surface area contributed by atoms with E-state index in [2.05, 4.69) is 10.3 Å². The van der Waals surface area contributed by atoms with E-state index in [4.69, 9.17) is 9.47 Å². The van der Waals surface area contributed by atoms with Crippen LogP contribution in [0.1, 0.15) is 40.3 Å². The van der Waals surface area contributed by atoms with Gasteiger partial charge in [-0.25, -0.2) is 4.79 Å². The highest BCUT2D eigenvalue weighted by Crippen LogP contribution is 2.24. The number of ether oxygens (including phenoxy) is 2. The Labute approximate surface area is 145 Å². The first-order chi connectivity index (χ1) is 12.0. The number of para-hydroxylation sites is 2. The van der Waals surface area contributed by atoms with E-state index < -0.39 is 17.4 Å². The molecular weight excluding hydrogens is 324 g/mol. The molecule has 0 spiro atoms. The number of anilines is 1. The van der Waals surface area contributed by atoms with Crippen LogP contribution in [-0.2, 0) is 4.74 Å². The van der Waals surface area contributed by atoms with Crippen molar-refractivity contribution in [2.75, 3.05) is 18.5 Å². The first-order valence-corrected chi connectivity index (χ1v) is 7.92. The predicted octanol–water partition coefficient (Wildman–Crippen LogP) is 2.51. The molecule has 1 aromatic carbocycles. The zero-order chi connectivity index (χ0) is 18.4. The third kappa shape index (κ3) is 4.26. The van der Waals surface area contributed by atoms with Crippen LogP contribution >= 0.6 is 0 Å². The van der Waals surface area contributed by atoms with Gasteiger partial charge in [0.25, 0.3) is 11.5 Å². The molecule has 1 amide bonds. The molecule has 7 nitrogen and oxygen atoms in total. The number of rotatable bonds is 6. The van der Waals surface area contributed by atoms with Crippen molar-refractivity contribution in [1.29, 1.82) is 0 Å². The van der Waals surface area contributed by atoms with Crippen molar-refractivity contribution in [2.45, 2.75) is 20.8 Å². The monoisotopic (exact) mass is 344 g/mol. The first kappa shape index (κ1) is 18.3.